The van der Waals surface area contributed by atoms with E-state index in [1.54, 1.807) is 0 Å². The van der Waals surface area contributed by atoms with Crippen molar-refractivity contribution in [1.82, 2.24) is 15.1 Å². The van der Waals surface area contributed by atoms with Crippen LogP contribution in [-0.2, 0) is 4.79 Å². The van der Waals surface area contributed by atoms with E-state index in [1.165, 1.54) is 12.8 Å². The highest BCUT2D eigenvalue weighted by Crippen LogP contribution is 2.34. The molecule has 3 heterocycles. The van der Waals surface area contributed by atoms with Crippen molar-refractivity contribution in [3.8, 4) is 0 Å². The van der Waals surface area contributed by atoms with Gasteiger partial charge in [-0.2, -0.15) is 0 Å². The van der Waals surface area contributed by atoms with Crippen molar-refractivity contribution in [2.45, 2.75) is 50.7 Å². The van der Waals surface area contributed by atoms with Gasteiger partial charge in [0.05, 0.1) is 5.92 Å². The number of amides is 1. The average Bonchev–Trinajstić information content (AvgIpc) is 3.00. The average molecular weight is 251 g/mol. The van der Waals surface area contributed by atoms with Gasteiger partial charge in [0.15, 0.2) is 0 Å². The standard InChI is InChI=1S/C14H25N3O/c1-3-11-9-17(7-6-16(11)2)14(18)12-8-10-4-5-13(12)15-10/h10-13,15H,3-9H2,1-2H3. The van der Waals surface area contributed by atoms with Gasteiger partial charge in [-0.05, 0) is 32.7 Å². The number of nitrogens with zero attached hydrogens (tertiary/aromatic N) is 2. The largest absolute Gasteiger partial charge is 0.340 e. The zero-order valence-electron chi connectivity index (χ0n) is 11.6. The van der Waals surface area contributed by atoms with Crippen LogP contribution >= 0.6 is 0 Å². The first-order valence-electron chi connectivity index (χ1n) is 7.44. The highest BCUT2D eigenvalue weighted by Gasteiger charge is 2.44. The second kappa shape index (κ2) is 4.82. The molecule has 1 amide bonds. The fourth-order valence-corrected chi connectivity index (χ4v) is 3.92. The Hall–Kier alpha value is -0.610. The van der Waals surface area contributed by atoms with Crippen molar-refractivity contribution in [2.24, 2.45) is 5.92 Å². The normalized spacial score (nSPS) is 40.4. The zero-order valence-corrected chi connectivity index (χ0v) is 11.6. The number of carbonyl (C=O) groups excluding carboxylic acids is 1. The Morgan fingerprint density at radius 3 is 2.78 bits per heavy atom. The van der Waals surface area contributed by atoms with Gasteiger partial charge in [-0.25, -0.2) is 0 Å². The van der Waals surface area contributed by atoms with Crippen LogP contribution in [0.15, 0.2) is 0 Å². The Morgan fingerprint density at radius 1 is 1.33 bits per heavy atom. The maximum absolute atomic E-state index is 12.6. The van der Waals surface area contributed by atoms with E-state index < -0.39 is 0 Å². The molecule has 0 spiro atoms. The van der Waals surface area contributed by atoms with Gasteiger partial charge in [0.1, 0.15) is 0 Å². The van der Waals surface area contributed by atoms with Gasteiger partial charge in [0, 0.05) is 37.8 Å². The molecule has 4 nitrogen and oxygen atoms in total. The summed E-state index contributed by atoms with van der Waals surface area (Å²) in [6, 6.07) is 1.65. The predicted molar refractivity (Wildman–Crippen MR) is 71.3 cm³/mol. The molecular weight excluding hydrogens is 226 g/mol. The summed E-state index contributed by atoms with van der Waals surface area (Å²) < 4.78 is 0. The molecule has 0 saturated carbocycles. The molecule has 3 fully saturated rings. The summed E-state index contributed by atoms with van der Waals surface area (Å²) >= 11 is 0. The van der Waals surface area contributed by atoms with E-state index in [1.807, 2.05) is 0 Å². The SMILES string of the molecule is CCC1CN(C(=O)C2CC3CCC2N3)CCN1C. The monoisotopic (exact) mass is 251 g/mol. The second-order valence-corrected chi connectivity index (χ2v) is 6.22. The molecule has 0 radical (unpaired) electrons. The van der Waals surface area contributed by atoms with E-state index in [0.29, 0.717) is 24.0 Å². The fraction of sp³-hybridized carbons (Fsp3) is 0.929. The Labute approximate surface area is 110 Å². The number of hydrogen-bond donors (Lipinski definition) is 1. The van der Waals surface area contributed by atoms with Gasteiger partial charge >= 0.3 is 0 Å². The van der Waals surface area contributed by atoms with Gasteiger partial charge in [-0.15, -0.1) is 0 Å². The molecule has 1 N–H and O–H groups in total. The molecule has 3 aliphatic heterocycles. The van der Waals surface area contributed by atoms with Crippen molar-refractivity contribution < 1.29 is 4.79 Å². The first-order chi connectivity index (χ1) is 8.69. The lowest BCUT2D eigenvalue weighted by molar-refractivity contribution is -0.139. The summed E-state index contributed by atoms with van der Waals surface area (Å²) in [6.07, 6.45) is 4.68. The van der Waals surface area contributed by atoms with Crippen molar-refractivity contribution in [3.63, 3.8) is 0 Å². The molecule has 0 aromatic rings. The minimum Gasteiger partial charge on any atom is -0.340 e. The van der Waals surface area contributed by atoms with Gasteiger partial charge in [0.25, 0.3) is 0 Å². The smallest absolute Gasteiger partial charge is 0.227 e. The molecule has 0 aromatic carbocycles. The topological polar surface area (TPSA) is 35.6 Å². The van der Waals surface area contributed by atoms with E-state index in [0.717, 1.165) is 32.5 Å². The van der Waals surface area contributed by atoms with Crippen LogP contribution in [-0.4, -0.2) is 60.5 Å². The Balaban J connectivity index is 1.63. The predicted octanol–water partition coefficient (Wildman–Crippen LogP) is 0.680. The lowest BCUT2D eigenvalue weighted by Crippen LogP contribution is -2.55. The number of rotatable bonds is 2. The highest BCUT2D eigenvalue weighted by atomic mass is 16.2. The quantitative estimate of drug-likeness (QED) is 0.784. The van der Waals surface area contributed by atoms with Crippen LogP contribution in [0.25, 0.3) is 0 Å². The Kier molecular flexibility index (Phi) is 3.32. The van der Waals surface area contributed by atoms with Crippen LogP contribution in [0.4, 0.5) is 0 Å². The molecule has 2 bridgehead atoms. The molecule has 3 saturated heterocycles. The van der Waals surface area contributed by atoms with Gasteiger partial charge in [-0.3, -0.25) is 9.69 Å². The molecule has 4 atom stereocenters. The van der Waals surface area contributed by atoms with Crippen LogP contribution in [0.5, 0.6) is 0 Å². The number of likely N-dealkylation sites (N-methyl/N-ethyl adjacent to an activating group) is 1. The molecule has 102 valence electrons. The highest BCUT2D eigenvalue weighted by molar-refractivity contribution is 5.80. The van der Waals surface area contributed by atoms with E-state index in [-0.39, 0.29) is 5.92 Å². The number of nitrogens with one attached hydrogen (secondary N) is 1. The Bertz CT molecular complexity index is 333. The molecule has 0 aromatic heterocycles. The third-order valence-corrected chi connectivity index (χ3v) is 5.18. The molecule has 4 unspecified atom stereocenters. The Morgan fingerprint density at radius 2 is 2.17 bits per heavy atom. The lowest BCUT2D eigenvalue weighted by Gasteiger charge is -2.40. The molecular formula is C14H25N3O. The molecule has 4 heteroatoms. The number of hydrogen-bond acceptors (Lipinski definition) is 3. The third kappa shape index (κ3) is 2.05. The molecule has 3 aliphatic rings. The van der Waals surface area contributed by atoms with Crippen molar-refractivity contribution in [2.75, 3.05) is 26.7 Å². The van der Waals surface area contributed by atoms with E-state index >= 15 is 0 Å². The van der Waals surface area contributed by atoms with E-state index in [4.69, 9.17) is 0 Å². The van der Waals surface area contributed by atoms with Crippen LogP contribution in [0.2, 0.25) is 0 Å². The fourth-order valence-electron chi connectivity index (χ4n) is 3.92. The minimum absolute atomic E-state index is 0.268. The molecule has 3 rings (SSSR count). The summed E-state index contributed by atoms with van der Waals surface area (Å²) in [6.45, 7) is 5.09. The minimum atomic E-state index is 0.268. The van der Waals surface area contributed by atoms with Crippen LogP contribution in [0.1, 0.15) is 32.6 Å². The van der Waals surface area contributed by atoms with Crippen LogP contribution in [0, 0.1) is 5.92 Å². The second-order valence-electron chi connectivity index (χ2n) is 6.22. The number of carbonyl (C=O) groups is 1. The third-order valence-electron chi connectivity index (χ3n) is 5.18. The summed E-state index contributed by atoms with van der Waals surface area (Å²) in [5.41, 5.74) is 0. The van der Waals surface area contributed by atoms with Gasteiger partial charge < -0.3 is 10.2 Å². The van der Waals surface area contributed by atoms with Crippen LogP contribution in [0.3, 0.4) is 0 Å². The summed E-state index contributed by atoms with van der Waals surface area (Å²) in [4.78, 5) is 17.1. The summed E-state index contributed by atoms with van der Waals surface area (Å²) in [7, 11) is 2.18. The van der Waals surface area contributed by atoms with Gasteiger partial charge in [-0.1, -0.05) is 6.92 Å². The summed E-state index contributed by atoms with van der Waals surface area (Å²) in [5, 5.41) is 3.57. The van der Waals surface area contributed by atoms with Gasteiger partial charge in [0.2, 0.25) is 5.91 Å². The number of piperazine rings is 1. The maximum Gasteiger partial charge on any atom is 0.227 e. The van der Waals surface area contributed by atoms with E-state index in [9.17, 15) is 4.79 Å². The van der Waals surface area contributed by atoms with E-state index in [2.05, 4.69) is 29.1 Å². The first-order valence-corrected chi connectivity index (χ1v) is 7.44. The zero-order chi connectivity index (χ0) is 12.7. The summed E-state index contributed by atoms with van der Waals surface area (Å²) in [5.74, 6) is 0.686. The number of fused-ring (bicyclic) bond motifs is 2. The lowest BCUT2D eigenvalue weighted by atomic mass is 9.88. The van der Waals surface area contributed by atoms with Crippen molar-refractivity contribution >= 4 is 5.91 Å². The van der Waals surface area contributed by atoms with Crippen LogP contribution < -0.4 is 5.32 Å². The maximum atomic E-state index is 12.6. The molecule has 18 heavy (non-hydrogen) atoms. The van der Waals surface area contributed by atoms with Crippen molar-refractivity contribution in [1.29, 1.82) is 0 Å². The first kappa shape index (κ1) is 12.4. The van der Waals surface area contributed by atoms with Crippen molar-refractivity contribution in [3.05, 3.63) is 0 Å². The molecule has 0 aliphatic carbocycles.